The van der Waals surface area contributed by atoms with Gasteiger partial charge in [-0.2, -0.15) is 11.8 Å². The smallest absolute Gasteiger partial charge is 0.163 e. The van der Waals surface area contributed by atoms with Gasteiger partial charge in [0.25, 0.3) is 0 Å². The van der Waals surface area contributed by atoms with Crippen LogP contribution in [0.25, 0.3) is 11.4 Å². The topological polar surface area (TPSA) is 41.9 Å². The van der Waals surface area contributed by atoms with Gasteiger partial charge < -0.3 is 4.90 Å². The van der Waals surface area contributed by atoms with E-state index in [0.29, 0.717) is 0 Å². The standard InChI is InChI=1S/C15H18N4S/c1-11-12(2)17-14(13-4-3-5-16-10-13)18-15(11)19-6-8-20-9-7-19/h3-5,10H,6-9H2,1-2H3. The van der Waals surface area contributed by atoms with E-state index in [4.69, 9.17) is 4.98 Å². The molecule has 0 atom stereocenters. The predicted molar refractivity (Wildman–Crippen MR) is 84.3 cm³/mol. The van der Waals surface area contributed by atoms with Crippen LogP contribution in [0.5, 0.6) is 0 Å². The van der Waals surface area contributed by atoms with Crippen molar-refractivity contribution in [2.45, 2.75) is 13.8 Å². The van der Waals surface area contributed by atoms with Crippen LogP contribution in [-0.4, -0.2) is 39.5 Å². The van der Waals surface area contributed by atoms with Crippen LogP contribution in [0.1, 0.15) is 11.3 Å². The monoisotopic (exact) mass is 286 g/mol. The van der Waals surface area contributed by atoms with Crippen molar-refractivity contribution in [3.63, 3.8) is 0 Å². The molecular weight excluding hydrogens is 268 g/mol. The first kappa shape index (κ1) is 13.4. The third-order valence-corrected chi connectivity index (χ3v) is 4.54. The summed E-state index contributed by atoms with van der Waals surface area (Å²) >= 11 is 2.01. The Hall–Kier alpha value is -1.62. The third-order valence-electron chi connectivity index (χ3n) is 3.59. The van der Waals surface area contributed by atoms with E-state index in [2.05, 4.69) is 28.7 Å². The molecule has 2 aromatic rings. The molecule has 1 fully saturated rings. The largest absolute Gasteiger partial charge is 0.355 e. The predicted octanol–water partition coefficient (Wildman–Crippen LogP) is 2.71. The minimum atomic E-state index is 0.773. The second kappa shape index (κ2) is 5.79. The average Bonchev–Trinajstić information content (AvgIpc) is 2.51. The lowest BCUT2D eigenvalue weighted by atomic mass is 10.2. The van der Waals surface area contributed by atoms with Crippen LogP contribution in [0.3, 0.4) is 0 Å². The highest BCUT2D eigenvalue weighted by Crippen LogP contribution is 2.26. The van der Waals surface area contributed by atoms with Crippen LogP contribution in [0.15, 0.2) is 24.5 Å². The fourth-order valence-electron chi connectivity index (χ4n) is 2.32. The van der Waals surface area contributed by atoms with Gasteiger partial charge in [-0.1, -0.05) is 0 Å². The number of aromatic nitrogens is 3. The Bertz CT molecular complexity index is 594. The van der Waals surface area contributed by atoms with E-state index < -0.39 is 0 Å². The molecule has 1 saturated heterocycles. The van der Waals surface area contributed by atoms with Crippen molar-refractivity contribution >= 4 is 17.6 Å². The van der Waals surface area contributed by atoms with Gasteiger partial charge in [0.05, 0.1) is 0 Å². The van der Waals surface area contributed by atoms with Crippen molar-refractivity contribution in [1.82, 2.24) is 15.0 Å². The zero-order valence-electron chi connectivity index (χ0n) is 11.8. The van der Waals surface area contributed by atoms with Crippen molar-refractivity contribution < 1.29 is 0 Å². The highest BCUT2D eigenvalue weighted by atomic mass is 32.2. The summed E-state index contributed by atoms with van der Waals surface area (Å²) in [6.45, 7) is 6.29. The number of hydrogen-bond donors (Lipinski definition) is 0. The Morgan fingerprint density at radius 2 is 1.95 bits per heavy atom. The van der Waals surface area contributed by atoms with E-state index in [9.17, 15) is 0 Å². The van der Waals surface area contributed by atoms with Crippen LogP contribution in [0, 0.1) is 13.8 Å². The molecule has 0 aliphatic carbocycles. The number of aryl methyl sites for hydroxylation is 1. The molecule has 2 aromatic heterocycles. The van der Waals surface area contributed by atoms with Crippen molar-refractivity contribution in [2.24, 2.45) is 0 Å². The first-order chi connectivity index (χ1) is 9.75. The fourth-order valence-corrected chi connectivity index (χ4v) is 3.22. The summed E-state index contributed by atoms with van der Waals surface area (Å²) in [6, 6.07) is 3.93. The van der Waals surface area contributed by atoms with Crippen LogP contribution in [-0.2, 0) is 0 Å². The van der Waals surface area contributed by atoms with Gasteiger partial charge >= 0.3 is 0 Å². The Labute approximate surface area is 123 Å². The summed E-state index contributed by atoms with van der Waals surface area (Å²) in [6.07, 6.45) is 3.59. The molecule has 0 bridgehead atoms. The first-order valence-electron chi connectivity index (χ1n) is 6.84. The molecule has 3 heterocycles. The molecule has 1 aliphatic rings. The molecule has 20 heavy (non-hydrogen) atoms. The number of rotatable bonds is 2. The molecule has 5 heteroatoms. The third kappa shape index (κ3) is 2.63. The molecule has 0 saturated carbocycles. The van der Waals surface area contributed by atoms with Crippen LogP contribution in [0.2, 0.25) is 0 Å². The number of nitrogens with zero attached hydrogens (tertiary/aromatic N) is 4. The van der Waals surface area contributed by atoms with Crippen LogP contribution < -0.4 is 4.90 Å². The second-order valence-electron chi connectivity index (χ2n) is 4.92. The fraction of sp³-hybridized carbons (Fsp3) is 0.400. The molecule has 0 spiro atoms. The zero-order chi connectivity index (χ0) is 13.9. The van der Waals surface area contributed by atoms with E-state index in [1.807, 2.05) is 30.1 Å². The number of pyridine rings is 1. The Kier molecular flexibility index (Phi) is 3.87. The highest BCUT2D eigenvalue weighted by molar-refractivity contribution is 7.99. The van der Waals surface area contributed by atoms with Gasteiger partial charge in [-0.15, -0.1) is 0 Å². The van der Waals surface area contributed by atoms with Crippen molar-refractivity contribution in [1.29, 1.82) is 0 Å². The van der Waals surface area contributed by atoms with Gasteiger partial charge in [-0.25, -0.2) is 9.97 Å². The van der Waals surface area contributed by atoms with Crippen molar-refractivity contribution in [2.75, 3.05) is 29.5 Å². The van der Waals surface area contributed by atoms with Crippen molar-refractivity contribution in [3.05, 3.63) is 35.8 Å². The number of thioether (sulfide) groups is 1. The van der Waals surface area contributed by atoms with Gasteiger partial charge in [0.2, 0.25) is 0 Å². The van der Waals surface area contributed by atoms with E-state index in [1.54, 1.807) is 6.20 Å². The van der Waals surface area contributed by atoms with Crippen LogP contribution >= 0.6 is 11.8 Å². The summed E-state index contributed by atoms with van der Waals surface area (Å²) in [5.41, 5.74) is 3.21. The van der Waals surface area contributed by atoms with E-state index in [-0.39, 0.29) is 0 Å². The minimum Gasteiger partial charge on any atom is -0.355 e. The molecule has 104 valence electrons. The van der Waals surface area contributed by atoms with Gasteiger partial charge in [0.15, 0.2) is 5.82 Å². The average molecular weight is 286 g/mol. The van der Waals surface area contributed by atoms with Gasteiger partial charge in [-0.3, -0.25) is 4.98 Å². The van der Waals surface area contributed by atoms with Crippen molar-refractivity contribution in [3.8, 4) is 11.4 Å². The number of anilines is 1. The summed E-state index contributed by atoms with van der Waals surface area (Å²) in [5, 5.41) is 0. The van der Waals surface area contributed by atoms with Gasteiger partial charge in [0.1, 0.15) is 5.82 Å². The molecule has 0 unspecified atom stereocenters. The van der Waals surface area contributed by atoms with E-state index in [1.165, 1.54) is 17.1 Å². The second-order valence-corrected chi connectivity index (χ2v) is 6.15. The van der Waals surface area contributed by atoms with E-state index in [0.717, 1.165) is 36.0 Å². The Balaban J connectivity index is 2.03. The maximum absolute atomic E-state index is 4.79. The molecule has 0 N–H and O–H groups in total. The van der Waals surface area contributed by atoms with E-state index >= 15 is 0 Å². The molecular formula is C15H18N4S. The quantitative estimate of drug-likeness (QED) is 0.849. The maximum Gasteiger partial charge on any atom is 0.163 e. The minimum absolute atomic E-state index is 0.773. The molecule has 0 amide bonds. The first-order valence-corrected chi connectivity index (χ1v) is 7.99. The summed E-state index contributed by atoms with van der Waals surface area (Å²) < 4.78 is 0. The molecule has 0 radical (unpaired) electrons. The molecule has 0 aromatic carbocycles. The molecule has 4 nitrogen and oxygen atoms in total. The van der Waals surface area contributed by atoms with Crippen LogP contribution in [0.4, 0.5) is 5.82 Å². The summed E-state index contributed by atoms with van der Waals surface area (Å²) in [4.78, 5) is 15.9. The Morgan fingerprint density at radius 3 is 2.65 bits per heavy atom. The summed E-state index contributed by atoms with van der Waals surface area (Å²) in [7, 11) is 0. The molecule has 3 rings (SSSR count). The Morgan fingerprint density at radius 1 is 1.15 bits per heavy atom. The molecule has 1 aliphatic heterocycles. The maximum atomic E-state index is 4.79. The zero-order valence-corrected chi connectivity index (χ0v) is 12.7. The SMILES string of the molecule is Cc1nc(-c2cccnc2)nc(N2CCSCC2)c1C. The normalized spacial score (nSPS) is 15.4. The van der Waals surface area contributed by atoms with Gasteiger partial charge in [-0.05, 0) is 26.0 Å². The lowest BCUT2D eigenvalue weighted by molar-refractivity contribution is 0.826. The summed E-state index contributed by atoms with van der Waals surface area (Å²) in [5.74, 6) is 4.20. The number of hydrogen-bond acceptors (Lipinski definition) is 5. The lowest BCUT2D eigenvalue weighted by Crippen LogP contribution is -2.34. The lowest BCUT2D eigenvalue weighted by Gasteiger charge is -2.29. The highest BCUT2D eigenvalue weighted by Gasteiger charge is 2.18. The van der Waals surface area contributed by atoms with Gasteiger partial charge in [0, 0.05) is 53.8 Å².